The number of rotatable bonds is 4. The molecule has 11 heavy (non-hydrogen) atoms. The molecule has 0 heterocycles. The van der Waals surface area contributed by atoms with E-state index in [9.17, 15) is 0 Å². The van der Waals surface area contributed by atoms with Gasteiger partial charge in [-0.2, -0.15) is 0 Å². The lowest BCUT2D eigenvalue weighted by Gasteiger charge is -2.23. The standard InChI is InChI=1S/C7H20N3.ClH/c1-10(2,3)6-4-5-7(8)9;/h7H,4-6,8-9H2,1-3H3;1H/q+1;. The fourth-order valence-corrected chi connectivity index (χ4v) is 0.801. The summed E-state index contributed by atoms with van der Waals surface area (Å²) in [6.07, 6.45) is 1.91. The van der Waals surface area contributed by atoms with E-state index >= 15 is 0 Å². The molecule has 0 aliphatic rings. The van der Waals surface area contributed by atoms with Gasteiger partial charge in [0.2, 0.25) is 0 Å². The minimum Gasteiger partial charge on any atom is -0.331 e. The van der Waals surface area contributed by atoms with E-state index in [1.807, 2.05) is 0 Å². The molecule has 0 aromatic heterocycles. The number of halogens is 1. The Balaban J connectivity index is 0. The van der Waals surface area contributed by atoms with Gasteiger partial charge in [0.25, 0.3) is 0 Å². The Bertz CT molecular complexity index is 88.2. The van der Waals surface area contributed by atoms with Gasteiger partial charge in [0.05, 0.1) is 33.9 Å². The van der Waals surface area contributed by atoms with Crippen molar-refractivity contribution in [2.75, 3.05) is 27.7 Å². The van der Waals surface area contributed by atoms with Crippen LogP contribution in [0.25, 0.3) is 0 Å². The van der Waals surface area contributed by atoms with E-state index in [4.69, 9.17) is 11.5 Å². The molecule has 0 aliphatic carbocycles. The summed E-state index contributed by atoms with van der Waals surface area (Å²) in [6.45, 7) is 1.14. The molecule has 0 spiro atoms. The van der Waals surface area contributed by atoms with Crippen molar-refractivity contribution in [3.63, 3.8) is 0 Å². The highest BCUT2D eigenvalue weighted by Gasteiger charge is 2.06. The van der Waals surface area contributed by atoms with Crippen LogP contribution in [0.15, 0.2) is 0 Å². The minimum absolute atomic E-state index is 0. The molecule has 3 nitrogen and oxygen atoms in total. The van der Waals surface area contributed by atoms with Crippen LogP contribution in [0.1, 0.15) is 12.8 Å². The average molecular weight is 183 g/mol. The predicted molar refractivity (Wildman–Crippen MR) is 51.5 cm³/mol. The monoisotopic (exact) mass is 182 g/mol. The van der Waals surface area contributed by atoms with Crippen LogP contribution in [0, 0.1) is 0 Å². The van der Waals surface area contributed by atoms with Crippen molar-refractivity contribution in [1.82, 2.24) is 0 Å². The van der Waals surface area contributed by atoms with E-state index in [-0.39, 0.29) is 18.6 Å². The quantitative estimate of drug-likeness (QED) is 0.480. The summed E-state index contributed by atoms with van der Waals surface area (Å²) < 4.78 is 0.993. The third-order valence-corrected chi connectivity index (χ3v) is 1.37. The molecule has 0 unspecified atom stereocenters. The first-order chi connectivity index (χ1) is 4.42. The molecule has 70 valence electrons. The van der Waals surface area contributed by atoms with Gasteiger partial charge in [0, 0.05) is 0 Å². The molecular formula is C7H21ClN3+. The number of nitrogens with two attached hydrogens (primary N) is 2. The first-order valence-corrected chi connectivity index (χ1v) is 3.73. The molecule has 0 fully saturated rings. The van der Waals surface area contributed by atoms with Crippen LogP contribution in [0.4, 0.5) is 0 Å². The van der Waals surface area contributed by atoms with Crippen molar-refractivity contribution in [3.8, 4) is 0 Å². The summed E-state index contributed by atoms with van der Waals surface area (Å²) in [4.78, 5) is 0. The van der Waals surface area contributed by atoms with Gasteiger partial charge in [-0.25, -0.2) is 0 Å². The number of hydrogen-bond donors (Lipinski definition) is 2. The first kappa shape index (κ1) is 13.7. The second-order valence-corrected chi connectivity index (χ2v) is 3.82. The maximum atomic E-state index is 5.39. The second-order valence-electron chi connectivity index (χ2n) is 3.82. The van der Waals surface area contributed by atoms with Crippen LogP contribution < -0.4 is 11.5 Å². The first-order valence-electron chi connectivity index (χ1n) is 3.73. The van der Waals surface area contributed by atoms with Gasteiger partial charge in [-0.1, -0.05) is 0 Å². The summed E-state index contributed by atoms with van der Waals surface area (Å²) in [7, 11) is 6.51. The second kappa shape index (κ2) is 5.77. The summed E-state index contributed by atoms with van der Waals surface area (Å²) in [5.41, 5.74) is 10.8. The van der Waals surface area contributed by atoms with E-state index in [1.165, 1.54) is 0 Å². The lowest BCUT2D eigenvalue weighted by atomic mass is 10.2. The van der Waals surface area contributed by atoms with Crippen LogP contribution in [0.3, 0.4) is 0 Å². The Labute approximate surface area is 75.7 Å². The van der Waals surface area contributed by atoms with Gasteiger partial charge in [-0.15, -0.1) is 12.4 Å². The molecule has 0 bridgehead atoms. The van der Waals surface area contributed by atoms with Crippen molar-refractivity contribution in [2.45, 2.75) is 19.0 Å². The van der Waals surface area contributed by atoms with Crippen LogP contribution in [0.5, 0.6) is 0 Å². The van der Waals surface area contributed by atoms with Crippen molar-refractivity contribution in [2.24, 2.45) is 11.5 Å². The fourth-order valence-electron chi connectivity index (χ4n) is 0.801. The van der Waals surface area contributed by atoms with Crippen LogP contribution in [0.2, 0.25) is 0 Å². The summed E-state index contributed by atoms with van der Waals surface area (Å²) in [5.74, 6) is 0. The average Bonchev–Trinajstić information content (AvgIpc) is 1.59. The predicted octanol–water partition coefficient (Wildman–Crippen LogP) is 0.138. The molecule has 0 atom stereocenters. The van der Waals surface area contributed by atoms with E-state index in [0.29, 0.717) is 0 Å². The largest absolute Gasteiger partial charge is 0.331 e. The molecule has 4 N–H and O–H groups in total. The van der Waals surface area contributed by atoms with Gasteiger partial charge in [0.1, 0.15) is 0 Å². The highest BCUT2D eigenvalue weighted by Crippen LogP contribution is 1.96. The molecule has 0 radical (unpaired) electrons. The Kier molecular flexibility index (Phi) is 7.21. The zero-order chi connectivity index (χ0) is 8.20. The number of quaternary nitrogens is 1. The zero-order valence-electron chi connectivity index (χ0n) is 7.71. The Hall–Kier alpha value is 0.170. The van der Waals surface area contributed by atoms with Gasteiger partial charge in [-0.3, -0.25) is 0 Å². The number of nitrogens with zero attached hydrogens (tertiary/aromatic N) is 1. The molecule has 0 aromatic carbocycles. The van der Waals surface area contributed by atoms with Crippen LogP contribution >= 0.6 is 12.4 Å². The maximum Gasteiger partial charge on any atom is 0.0781 e. The van der Waals surface area contributed by atoms with Crippen molar-refractivity contribution in [1.29, 1.82) is 0 Å². The smallest absolute Gasteiger partial charge is 0.0781 e. The zero-order valence-corrected chi connectivity index (χ0v) is 8.53. The highest BCUT2D eigenvalue weighted by molar-refractivity contribution is 5.85. The normalized spacial score (nSPS) is 11.5. The van der Waals surface area contributed by atoms with E-state index in [2.05, 4.69) is 21.1 Å². The lowest BCUT2D eigenvalue weighted by molar-refractivity contribution is -0.870. The SMILES string of the molecule is C[N+](C)(C)CCCC(N)N.Cl. The van der Waals surface area contributed by atoms with Gasteiger partial charge >= 0.3 is 0 Å². The topological polar surface area (TPSA) is 52.0 Å². The molecule has 0 saturated carbocycles. The Morgan fingerprint density at radius 1 is 1.18 bits per heavy atom. The van der Waals surface area contributed by atoms with E-state index in [0.717, 1.165) is 23.9 Å². The Morgan fingerprint density at radius 2 is 1.64 bits per heavy atom. The fraction of sp³-hybridized carbons (Fsp3) is 1.00. The van der Waals surface area contributed by atoms with Crippen molar-refractivity contribution < 1.29 is 4.48 Å². The van der Waals surface area contributed by atoms with Crippen LogP contribution in [-0.4, -0.2) is 38.3 Å². The van der Waals surface area contributed by atoms with Gasteiger partial charge in [0.15, 0.2) is 0 Å². The third kappa shape index (κ3) is 13.2. The third-order valence-electron chi connectivity index (χ3n) is 1.37. The molecule has 4 heteroatoms. The van der Waals surface area contributed by atoms with E-state index < -0.39 is 0 Å². The van der Waals surface area contributed by atoms with Crippen LogP contribution in [-0.2, 0) is 0 Å². The maximum absolute atomic E-state index is 5.39. The summed E-state index contributed by atoms with van der Waals surface area (Å²) >= 11 is 0. The molecule has 0 aliphatic heterocycles. The van der Waals surface area contributed by atoms with Gasteiger partial charge in [-0.05, 0) is 12.8 Å². The molecular weight excluding hydrogens is 162 g/mol. The molecule has 0 amide bonds. The van der Waals surface area contributed by atoms with Gasteiger partial charge < -0.3 is 16.0 Å². The Morgan fingerprint density at radius 3 is 1.91 bits per heavy atom. The molecule has 0 saturated heterocycles. The minimum atomic E-state index is -0.133. The molecule has 0 aromatic rings. The van der Waals surface area contributed by atoms with Crippen molar-refractivity contribution in [3.05, 3.63) is 0 Å². The lowest BCUT2D eigenvalue weighted by Crippen LogP contribution is -2.37. The van der Waals surface area contributed by atoms with E-state index in [1.54, 1.807) is 0 Å². The summed E-state index contributed by atoms with van der Waals surface area (Å²) in [6, 6.07) is 0. The van der Waals surface area contributed by atoms with Crippen molar-refractivity contribution >= 4 is 12.4 Å². The summed E-state index contributed by atoms with van der Waals surface area (Å²) in [5, 5.41) is 0. The molecule has 0 rings (SSSR count). The number of hydrogen-bond acceptors (Lipinski definition) is 2. The highest BCUT2D eigenvalue weighted by atomic mass is 35.5.